The quantitative estimate of drug-likeness (QED) is 0.593. The van der Waals surface area contributed by atoms with E-state index in [1.165, 1.54) is 0 Å². The van der Waals surface area contributed by atoms with Crippen LogP contribution in [0.4, 0.5) is 5.82 Å². The molecule has 0 amide bonds. The molecule has 2 N–H and O–H groups in total. The fourth-order valence-corrected chi connectivity index (χ4v) is 1.54. The summed E-state index contributed by atoms with van der Waals surface area (Å²) in [6.45, 7) is 3.97. The summed E-state index contributed by atoms with van der Waals surface area (Å²) >= 11 is 4.99. The zero-order chi connectivity index (χ0) is 11.3. The molecular weight excluding hydrogens is 208 g/mol. The number of aryl methyl sites for hydroxylation is 1. The summed E-state index contributed by atoms with van der Waals surface area (Å²) in [6.07, 6.45) is 1.10. The highest BCUT2D eigenvalue weighted by Crippen LogP contribution is 2.03. The number of rotatable bonds is 5. The number of hydrogen-bond donors (Lipinski definition) is 2. The van der Waals surface area contributed by atoms with E-state index in [0.717, 1.165) is 31.0 Å². The van der Waals surface area contributed by atoms with Gasteiger partial charge in [0.2, 0.25) is 0 Å². The van der Waals surface area contributed by atoms with E-state index < -0.39 is 0 Å². The van der Waals surface area contributed by atoms with Crippen LogP contribution >= 0.6 is 12.2 Å². The first-order chi connectivity index (χ1) is 7.08. The van der Waals surface area contributed by atoms with Gasteiger partial charge >= 0.3 is 0 Å². The lowest BCUT2D eigenvalue weighted by Gasteiger charge is -2.10. The zero-order valence-electron chi connectivity index (χ0n) is 9.50. The summed E-state index contributed by atoms with van der Waals surface area (Å²) in [5, 5.41) is 3.26. The van der Waals surface area contributed by atoms with Gasteiger partial charge in [-0.25, -0.2) is 4.98 Å². The van der Waals surface area contributed by atoms with E-state index in [1.807, 2.05) is 13.0 Å². The third-order valence-electron chi connectivity index (χ3n) is 1.97. The van der Waals surface area contributed by atoms with Crippen molar-refractivity contribution in [3.8, 4) is 0 Å². The molecule has 0 aliphatic heterocycles. The summed E-state index contributed by atoms with van der Waals surface area (Å²) < 4.78 is 0.533. The van der Waals surface area contributed by atoms with Crippen molar-refractivity contribution in [2.75, 3.05) is 32.5 Å². The van der Waals surface area contributed by atoms with Gasteiger partial charge < -0.3 is 15.2 Å². The van der Waals surface area contributed by atoms with Gasteiger partial charge in [0, 0.05) is 12.2 Å². The van der Waals surface area contributed by atoms with Gasteiger partial charge in [0.15, 0.2) is 4.77 Å². The molecule has 15 heavy (non-hydrogen) atoms. The maximum absolute atomic E-state index is 4.99. The Balaban J connectivity index is 2.40. The second-order valence-corrected chi connectivity index (χ2v) is 4.22. The summed E-state index contributed by atoms with van der Waals surface area (Å²) in [5.41, 5.74) is 1.03. The standard InChI is InChI=1S/C10H18N4S/c1-8-7-9(13-10(15)12-8)11-5-4-6-14(2)3/h7H,4-6H2,1-3H3,(H2,11,12,13,15). The van der Waals surface area contributed by atoms with Crippen molar-refractivity contribution >= 4 is 18.0 Å². The molecule has 0 saturated carbocycles. The van der Waals surface area contributed by atoms with Gasteiger partial charge in [-0.15, -0.1) is 0 Å². The second-order valence-electron chi connectivity index (χ2n) is 3.84. The molecule has 0 aliphatic carbocycles. The van der Waals surface area contributed by atoms with Crippen molar-refractivity contribution in [2.45, 2.75) is 13.3 Å². The van der Waals surface area contributed by atoms with Crippen molar-refractivity contribution in [3.05, 3.63) is 16.5 Å². The van der Waals surface area contributed by atoms with Crippen molar-refractivity contribution in [2.24, 2.45) is 0 Å². The average Bonchev–Trinajstić information content (AvgIpc) is 2.10. The van der Waals surface area contributed by atoms with Crippen molar-refractivity contribution in [3.63, 3.8) is 0 Å². The van der Waals surface area contributed by atoms with Crippen LogP contribution in [0, 0.1) is 11.7 Å². The molecule has 0 spiro atoms. The maximum atomic E-state index is 4.99. The van der Waals surface area contributed by atoms with Gasteiger partial charge in [-0.3, -0.25) is 0 Å². The van der Waals surface area contributed by atoms with Crippen LogP contribution in [0.5, 0.6) is 0 Å². The molecule has 84 valence electrons. The molecule has 1 aromatic rings. The fourth-order valence-electron chi connectivity index (χ4n) is 1.28. The first-order valence-corrected chi connectivity index (χ1v) is 5.45. The lowest BCUT2D eigenvalue weighted by molar-refractivity contribution is 0.405. The topological polar surface area (TPSA) is 44.0 Å². The Morgan fingerprint density at radius 1 is 1.53 bits per heavy atom. The molecule has 0 aliphatic rings. The summed E-state index contributed by atoms with van der Waals surface area (Å²) in [6, 6.07) is 1.96. The number of nitrogens with zero attached hydrogens (tertiary/aromatic N) is 2. The first kappa shape index (κ1) is 12.1. The number of aromatic nitrogens is 2. The normalized spacial score (nSPS) is 10.7. The minimum absolute atomic E-state index is 0.533. The van der Waals surface area contributed by atoms with E-state index in [9.17, 15) is 0 Å². The molecule has 0 aromatic carbocycles. The van der Waals surface area contributed by atoms with Gasteiger partial charge in [-0.1, -0.05) is 0 Å². The summed E-state index contributed by atoms with van der Waals surface area (Å²) in [5.74, 6) is 0.856. The van der Waals surface area contributed by atoms with E-state index >= 15 is 0 Å². The monoisotopic (exact) mass is 226 g/mol. The maximum Gasteiger partial charge on any atom is 0.198 e. The van der Waals surface area contributed by atoms with Crippen LogP contribution in [0.25, 0.3) is 0 Å². The Labute approximate surface area is 95.7 Å². The number of H-pyrrole nitrogens is 1. The number of hydrogen-bond acceptors (Lipinski definition) is 4. The second kappa shape index (κ2) is 5.82. The minimum Gasteiger partial charge on any atom is -0.370 e. The predicted molar refractivity (Wildman–Crippen MR) is 65.8 cm³/mol. The van der Waals surface area contributed by atoms with E-state index in [4.69, 9.17) is 12.2 Å². The van der Waals surface area contributed by atoms with Crippen LogP contribution in [0.3, 0.4) is 0 Å². The Morgan fingerprint density at radius 2 is 2.27 bits per heavy atom. The highest BCUT2D eigenvalue weighted by molar-refractivity contribution is 7.71. The molecular formula is C10H18N4S. The first-order valence-electron chi connectivity index (χ1n) is 5.04. The van der Waals surface area contributed by atoms with Gasteiger partial charge in [0.25, 0.3) is 0 Å². The average molecular weight is 226 g/mol. The SMILES string of the molecule is Cc1cc(NCCCN(C)C)nc(=S)[nH]1. The number of aromatic amines is 1. The van der Waals surface area contributed by atoms with Crippen LogP contribution in [-0.2, 0) is 0 Å². The van der Waals surface area contributed by atoms with E-state index in [2.05, 4.69) is 34.3 Å². The fraction of sp³-hybridized carbons (Fsp3) is 0.600. The van der Waals surface area contributed by atoms with Gasteiger partial charge in [0.05, 0.1) is 0 Å². The largest absolute Gasteiger partial charge is 0.370 e. The molecule has 5 heteroatoms. The lowest BCUT2D eigenvalue weighted by atomic mass is 10.4. The van der Waals surface area contributed by atoms with E-state index in [0.29, 0.717) is 4.77 Å². The smallest absolute Gasteiger partial charge is 0.198 e. The molecule has 0 fully saturated rings. The minimum atomic E-state index is 0.533. The predicted octanol–water partition coefficient (Wildman–Crippen LogP) is 1.81. The van der Waals surface area contributed by atoms with Crippen LogP contribution in [0.2, 0.25) is 0 Å². The molecule has 0 bridgehead atoms. The van der Waals surface area contributed by atoms with Gasteiger partial charge in [-0.2, -0.15) is 0 Å². The zero-order valence-corrected chi connectivity index (χ0v) is 10.3. The van der Waals surface area contributed by atoms with E-state index in [-0.39, 0.29) is 0 Å². The molecule has 1 rings (SSSR count). The Kier molecular flexibility index (Phi) is 4.71. The van der Waals surface area contributed by atoms with Crippen molar-refractivity contribution < 1.29 is 0 Å². The Morgan fingerprint density at radius 3 is 2.87 bits per heavy atom. The summed E-state index contributed by atoms with van der Waals surface area (Å²) in [4.78, 5) is 9.32. The van der Waals surface area contributed by atoms with Crippen molar-refractivity contribution in [1.82, 2.24) is 14.9 Å². The van der Waals surface area contributed by atoms with E-state index in [1.54, 1.807) is 0 Å². The molecule has 0 saturated heterocycles. The Bertz CT molecular complexity index is 359. The van der Waals surface area contributed by atoms with Gasteiger partial charge in [0.1, 0.15) is 5.82 Å². The van der Waals surface area contributed by atoms with Crippen LogP contribution in [0.15, 0.2) is 6.07 Å². The molecule has 1 aromatic heterocycles. The number of anilines is 1. The Hall–Kier alpha value is -0.940. The third-order valence-corrected chi connectivity index (χ3v) is 2.16. The molecule has 0 radical (unpaired) electrons. The van der Waals surface area contributed by atoms with Crippen LogP contribution < -0.4 is 5.32 Å². The highest BCUT2D eigenvalue weighted by atomic mass is 32.1. The molecule has 4 nitrogen and oxygen atoms in total. The highest BCUT2D eigenvalue weighted by Gasteiger charge is 1.95. The third kappa shape index (κ3) is 4.90. The summed E-state index contributed by atoms with van der Waals surface area (Å²) in [7, 11) is 4.14. The van der Waals surface area contributed by atoms with Gasteiger partial charge in [-0.05, 0) is 52.3 Å². The van der Waals surface area contributed by atoms with Crippen LogP contribution in [0.1, 0.15) is 12.1 Å². The molecule has 0 atom stereocenters. The van der Waals surface area contributed by atoms with Crippen LogP contribution in [-0.4, -0.2) is 42.1 Å². The molecule has 0 unspecified atom stereocenters. The lowest BCUT2D eigenvalue weighted by Crippen LogP contribution is -2.16. The van der Waals surface area contributed by atoms with Crippen molar-refractivity contribution in [1.29, 1.82) is 0 Å². The number of nitrogens with one attached hydrogen (secondary N) is 2. The molecule has 1 heterocycles.